The summed E-state index contributed by atoms with van der Waals surface area (Å²) in [5, 5.41) is 6.81. The van der Waals surface area contributed by atoms with Gasteiger partial charge in [-0.1, -0.05) is 25.5 Å². The summed E-state index contributed by atoms with van der Waals surface area (Å²) >= 11 is 0. The third-order valence-electron chi connectivity index (χ3n) is 4.95. The molecular weight excluding hydrogens is 326 g/mol. The van der Waals surface area contributed by atoms with E-state index in [9.17, 15) is 4.79 Å². The number of nitrogens with one attached hydrogen (secondary N) is 2. The fourth-order valence-electron chi connectivity index (χ4n) is 3.35. The Labute approximate surface area is 157 Å². The van der Waals surface area contributed by atoms with Crippen LogP contribution in [-0.2, 0) is 6.54 Å². The molecule has 0 spiro atoms. The Morgan fingerprint density at radius 2 is 1.96 bits per heavy atom. The molecule has 1 fully saturated rings. The topological polar surface area (TPSA) is 60.0 Å². The van der Waals surface area contributed by atoms with Crippen molar-refractivity contribution in [1.29, 1.82) is 0 Å². The van der Waals surface area contributed by atoms with Crippen LogP contribution in [0.4, 0.5) is 0 Å². The highest BCUT2D eigenvalue weighted by Crippen LogP contribution is 2.15. The van der Waals surface area contributed by atoms with Crippen molar-refractivity contribution in [3.63, 3.8) is 0 Å². The highest BCUT2D eigenvalue weighted by atomic mass is 16.2. The first-order chi connectivity index (χ1) is 12.5. The zero-order valence-corrected chi connectivity index (χ0v) is 16.6. The molecule has 144 valence electrons. The molecule has 2 rings (SSSR count). The van der Waals surface area contributed by atoms with E-state index in [1.165, 1.54) is 25.8 Å². The number of likely N-dealkylation sites (tertiary alicyclic amines) is 1. The number of hydrogen-bond donors (Lipinski definition) is 2. The van der Waals surface area contributed by atoms with Crippen LogP contribution in [0.25, 0.3) is 0 Å². The third-order valence-corrected chi connectivity index (χ3v) is 4.95. The van der Waals surface area contributed by atoms with Gasteiger partial charge in [-0.25, -0.2) is 0 Å². The van der Waals surface area contributed by atoms with Crippen LogP contribution in [0, 0.1) is 0 Å². The van der Waals surface area contributed by atoms with E-state index in [0.717, 1.165) is 24.6 Å². The molecule has 1 aliphatic rings. The molecule has 26 heavy (non-hydrogen) atoms. The smallest absolute Gasteiger partial charge is 0.253 e. The number of carbonyl (C=O) groups is 1. The first-order valence-electron chi connectivity index (χ1n) is 9.54. The van der Waals surface area contributed by atoms with Gasteiger partial charge in [-0.05, 0) is 43.6 Å². The van der Waals surface area contributed by atoms with Crippen LogP contribution in [0.3, 0.4) is 0 Å². The zero-order valence-electron chi connectivity index (χ0n) is 16.6. The van der Waals surface area contributed by atoms with Crippen LogP contribution >= 0.6 is 0 Å². The van der Waals surface area contributed by atoms with Gasteiger partial charge in [0.2, 0.25) is 0 Å². The number of amides is 1. The molecule has 0 aromatic heterocycles. The van der Waals surface area contributed by atoms with Gasteiger partial charge in [0.05, 0.1) is 0 Å². The number of piperidine rings is 1. The van der Waals surface area contributed by atoms with Crippen molar-refractivity contribution in [3.8, 4) is 0 Å². The number of rotatable bonds is 6. The summed E-state index contributed by atoms with van der Waals surface area (Å²) in [7, 11) is 5.32. The first-order valence-corrected chi connectivity index (χ1v) is 9.54. The molecule has 1 amide bonds. The van der Waals surface area contributed by atoms with Gasteiger partial charge >= 0.3 is 0 Å². The Bertz CT molecular complexity index is 597. The SMILES string of the molecule is CCN1CCCCC1CNC(=NC)NCc1ccc(C(=O)N(C)C)cc1. The van der Waals surface area contributed by atoms with E-state index in [-0.39, 0.29) is 5.91 Å². The van der Waals surface area contributed by atoms with Gasteiger partial charge in [-0.2, -0.15) is 0 Å². The van der Waals surface area contributed by atoms with Crippen molar-refractivity contribution in [3.05, 3.63) is 35.4 Å². The summed E-state index contributed by atoms with van der Waals surface area (Å²) in [4.78, 5) is 20.4. The number of benzene rings is 1. The predicted molar refractivity (Wildman–Crippen MR) is 108 cm³/mol. The van der Waals surface area contributed by atoms with Crippen LogP contribution < -0.4 is 10.6 Å². The molecule has 1 unspecified atom stereocenters. The van der Waals surface area contributed by atoms with E-state index in [1.54, 1.807) is 26.0 Å². The van der Waals surface area contributed by atoms with E-state index in [4.69, 9.17) is 0 Å². The molecule has 6 heteroatoms. The molecule has 0 saturated carbocycles. The summed E-state index contributed by atoms with van der Waals surface area (Å²) in [6.07, 6.45) is 3.87. The maximum atomic E-state index is 11.9. The molecular formula is C20H33N5O. The average molecular weight is 360 g/mol. The van der Waals surface area contributed by atoms with Crippen molar-refractivity contribution in [2.45, 2.75) is 38.8 Å². The lowest BCUT2D eigenvalue weighted by atomic mass is 10.0. The molecule has 1 aromatic rings. The van der Waals surface area contributed by atoms with Crippen LogP contribution in [0.5, 0.6) is 0 Å². The number of likely N-dealkylation sites (N-methyl/N-ethyl adjacent to an activating group) is 1. The fourth-order valence-corrected chi connectivity index (χ4v) is 3.35. The summed E-state index contributed by atoms with van der Waals surface area (Å²) < 4.78 is 0. The second kappa shape index (κ2) is 10.2. The molecule has 2 N–H and O–H groups in total. The quantitative estimate of drug-likeness (QED) is 0.602. The van der Waals surface area contributed by atoms with Crippen LogP contribution in [0.2, 0.25) is 0 Å². The fraction of sp³-hybridized carbons (Fsp3) is 0.600. The lowest BCUT2D eigenvalue weighted by molar-refractivity contribution is 0.0827. The van der Waals surface area contributed by atoms with E-state index in [0.29, 0.717) is 18.2 Å². The summed E-state index contributed by atoms with van der Waals surface area (Å²) in [5.74, 6) is 0.843. The minimum atomic E-state index is 0.0231. The van der Waals surface area contributed by atoms with E-state index < -0.39 is 0 Å². The molecule has 0 aliphatic carbocycles. The van der Waals surface area contributed by atoms with Crippen LogP contribution in [0.15, 0.2) is 29.3 Å². The van der Waals surface area contributed by atoms with Crippen molar-refractivity contribution < 1.29 is 4.79 Å². The van der Waals surface area contributed by atoms with Gasteiger partial charge in [0.1, 0.15) is 0 Å². The minimum absolute atomic E-state index is 0.0231. The monoisotopic (exact) mass is 359 g/mol. The standard InChI is InChI=1S/C20H33N5O/c1-5-25-13-7-6-8-18(25)15-23-20(21-2)22-14-16-9-11-17(12-10-16)19(26)24(3)4/h9-12,18H,5-8,13-15H2,1-4H3,(H2,21,22,23). The van der Waals surface area contributed by atoms with E-state index in [1.807, 2.05) is 24.3 Å². The molecule has 0 bridgehead atoms. The molecule has 6 nitrogen and oxygen atoms in total. The van der Waals surface area contributed by atoms with Crippen molar-refractivity contribution in [2.24, 2.45) is 4.99 Å². The van der Waals surface area contributed by atoms with Crippen molar-refractivity contribution in [2.75, 3.05) is 40.8 Å². The van der Waals surface area contributed by atoms with Gasteiger partial charge in [-0.3, -0.25) is 14.7 Å². The minimum Gasteiger partial charge on any atom is -0.355 e. The van der Waals surface area contributed by atoms with Crippen LogP contribution in [0.1, 0.15) is 42.1 Å². The summed E-state index contributed by atoms with van der Waals surface area (Å²) in [6, 6.07) is 8.30. The molecule has 0 radical (unpaired) electrons. The van der Waals surface area contributed by atoms with E-state index in [2.05, 4.69) is 27.4 Å². The lowest BCUT2D eigenvalue weighted by Gasteiger charge is -2.35. The number of aliphatic imine (C=N–C) groups is 1. The second-order valence-electron chi connectivity index (χ2n) is 6.98. The van der Waals surface area contributed by atoms with E-state index >= 15 is 0 Å². The first kappa shape index (κ1) is 20.2. The zero-order chi connectivity index (χ0) is 18.9. The maximum Gasteiger partial charge on any atom is 0.253 e. The van der Waals surface area contributed by atoms with Gasteiger partial charge in [0, 0.05) is 45.8 Å². The van der Waals surface area contributed by atoms with Gasteiger partial charge < -0.3 is 15.5 Å². The number of carbonyl (C=O) groups excluding carboxylic acids is 1. The Morgan fingerprint density at radius 3 is 2.58 bits per heavy atom. The number of hydrogen-bond acceptors (Lipinski definition) is 3. The highest BCUT2D eigenvalue weighted by molar-refractivity contribution is 5.93. The Balaban J connectivity index is 1.82. The molecule has 1 atom stereocenters. The highest BCUT2D eigenvalue weighted by Gasteiger charge is 2.20. The van der Waals surface area contributed by atoms with Crippen LogP contribution in [-0.4, -0.2) is 68.5 Å². The molecule has 1 aromatic carbocycles. The van der Waals surface area contributed by atoms with Gasteiger partial charge in [0.25, 0.3) is 5.91 Å². The normalized spacial score (nSPS) is 18.5. The largest absolute Gasteiger partial charge is 0.355 e. The maximum absolute atomic E-state index is 11.9. The van der Waals surface area contributed by atoms with Gasteiger partial charge in [0.15, 0.2) is 5.96 Å². The predicted octanol–water partition coefficient (Wildman–Crippen LogP) is 1.93. The molecule has 1 aliphatic heterocycles. The van der Waals surface area contributed by atoms with Gasteiger partial charge in [-0.15, -0.1) is 0 Å². The Hall–Kier alpha value is -2.08. The summed E-state index contributed by atoms with van der Waals surface area (Å²) in [6.45, 7) is 6.14. The number of guanidine groups is 1. The average Bonchev–Trinajstić information content (AvgIpc) is 2.68. The molecule has 1 heterocycles. The molecule has 1 saturated heterocycles. The summed E-state index contributed by atoms with van der Waals surface area (Å²) in [5.41, 5.74) is 1.83. The Kier molecular flexibility index (Phi) is 7.91. The lowest BCUT2D eigenvalue weighted by Crippen LogP contribution is -2.48. The third kappa shape index (κ3) is 5.73. The second-order valence-corrected chi connectivity index (χ2v) is 6.98. The Morgan fingerprint density at radius 1 is 1.23 bits per heavy atom. The van der Waals surface area contributed by atoms with Crippen molar-refractivity contribution in [1.82, 2.24) is 20.4 Å². The van der Waals surface area contributed by atoms with Crippen molar-refractivity contribution >= 4 is 11.9 Å². The number of nitrogens with zero attached hydrogens (tertiary/aromatic N) is 3.